The number of nitrogens with one attached hydrogen (secondary N) is 1. The second kappa shape index (κ2) is 7.38. The van der Waals surface area contributed by atoms with Crippen LogP contribution in [-0.2, 0) is 21.2 Å². The first-order chi connectivity index (χ1) is 11.5. The van der Waals surface area contributed by atoms with Crippen LogP contribution in [0.3, 0.4) is 0 Å². The van der Waals surface area contributed by atoms with Crippen molar-refractivity contribution in [1.29, 1.82) is 0 Å². The summed E-state index contributed by atoms with van der Waals surface area (Å²) in [5, 5.41) is 2.09. The Bertz CT molecular complexity index is 743. The lowest BCUT2D eigenvalue weighted by atomic mass is 9.73. The molecule has 24 heavy (non-hydrogen) atoms. The van der Waals surface area contributed by atoms with Crippen LogP contribution in [0.15, 0.2) is 41.8 Å². The molecule has 1 aliphatic rings. The summed E-state index contributed by atoms with van der Waals surface area (Å²) in [6, 6.07) is 11.9. The highest BCUT2D eigenvalue weighted by Gasteiger charge is 2.35. The van der Waals surface area contributed by atoms with E-state index in [9.17, 15) is 8.42 Å². The molecule has 2 aromatic rings. The number of thiophene rings is 1. The summed E-state index contributed by atoms with van der Waals surface area (Å²) in [6.45, 7) is 2.52. The third kappa shape index (κ3) is 4.26. The summed E-state index contributed by atoms with van der Waals surface area (Å²) in [7, 11) is -3.32. The lowest BCUT2D eigenvalue weighted by Crippen LogP contribution is -2.42. The molecule has 0 radical (unpaired) electrons. The average Bonchev–Trinajstić information content (AvgIpc) is 3.11. The molecule has 1 aromatic heterocycles. The van der Waals surface area contributed by atoms with Crippen LogP contribution in [0.4, 0.5) is 0 Å². The summed E-state index contributed by atoms with van der Waals surface area (Å²) in [5.41, 5.74) is 1.96. The molecule has 0 unspecified atom stereocenters. The van der Waals surface area contributed by atoms with E-state index in [4.69, 9.17) is 0 Å². The van der Waals surface area contributed by atoms with Gasteiger partial charge in [0, 0.05) is 16.8 Å². The maximum atomic E-state index is 12.5. The molecule has 0 atom stereocenters. The highest BCUT2D eigenvalue weighted by atomic mass is 32.2. The fourth-order valence-electron chi connectivity index (χ4n) is 3.52. The van der Waals surface area contributed by atoms with Gasteiger partial charge in [0.25, 0.3) is 0 Å². The number of benzene rings is 1. The number of hydrogen-bond acceptors (Lipinski definition) is 3. The van der Waals surface area contributed by atoms with Crippen LogP contribution in [0.2, 0.25) is 0 Å². The topological polar surface area (TPSA) is 46.2 Å². The number of aryl methyl sites for hydroxylation is 1. The molecule has 1 aliphatic carbocycles. The predicted octanol–water partition coefficient (Wildman–Crippen LogP) is 4.38. The minimum atomic E-state index is -3.32. The van der Waals surface area contributed by atoms with Gasteiger partial charge in [-0.05, 0) is 36.8 Å². The summed E-state index contributed by atoms with van der Waals surface area (Å²) in [4.78, 5) is 1.32. The number of rotatable bonds is 6. The highest BCUT2D eigenvalue weighted by molar-refractivity contribution is 7.88. The Kier molecular flexibility index (Phi) is 5.42. The second-order valence-electron chi connectivity index (χ2n) is 6.88. The Morgan fingerprint density at radius 2 is 1.79 bits per heavy atom. The smallest absolute Gasteiger partial charge is 0.214 e. The van der Waals surface area contributed by atoms with Crippen molar-refractivity contribution in [3.05, 3.63) is 57.8 Å². The molecular formula is C19H25NO2S2. The van der Waals surface area contributed by atoms with Crippen molar-refractivity contribution in [2.45, 2.75) is 50.2 Å². The molecule has 1 fully saturated rings. The van der Waals surface area contributed by atoms with Crippen molar-refractivity contribution in [3.8, 4) is 0 Å². The summed E-state index contributed by atoms with van der Waals surface area (Å²) in [5.74, 6) is 0.0494. The van der Waals surface area contributed by atoms with Gasteiger partial charge in [-0.15, -0.1) is 11.3 Å². The lowest BCUT2D eigenvalue weighted by molar-refractivity contribution is 0.298. The molecule has 130 valence electrons. The zero-order chi connectivity index (χ0) is 17.0. The van der Waals surface area contributed by atoms with Crippen LogP contribution in [0, 0.1) is 6.92 Å². The monoisotopic (exact) mass is 363 g/mol. The van der Waals surface area contributed by atoms with Gasteiger partial charge in [0.1, 0.15) is 0 Å². The van der Waals surface area contributed by atoms with E-state index >= 15 is 0 Å². The van der Waals surface area contributed by atoms with E-state index < -0.39 is 10.0 Å². The number of hydrogen-bond donors (Lipinski definition) is 1. The van der Waals surface area contributed by atoms with E-state index in [0.29, 0.717) is 6.54 Å². The van der Waals surface area contributed by atoms with E-state index in [2.05, 4.69) is 22.2 Å². The van der Waals surface area contributed by atoms with Gasteiger partial charge in [0.05, 0.1) is 5.75 Å². The van der Waals surface area contributed by atoms with Crippen LogP contribution in [0.25, 0.3) is 0 Å². The molecule has 0 amide bonds. The minimum absolute atomic E-state index is 0.0211. The van der Waals surface area contributed by atoms with Crippen molar-refractivity contribution in [1.82, 2.24) is 4.72 Å². The van der Waals surface area contributed by atoms with Crippen LogP contribution < -0.4 is 4.72 Å². The molecule has 0 saturated heterocycles. The van der Waals surface area contributed by atoms with E-state index in [1.54, 1.807) is 11.3 Å². The molecule has 0 spiro atoms. The second-order valence-corrected chi connectivity index (χ2v) is 9.64. The first-order valence-electron chi connectivity index (χ1n) is 8.56. The Morgan fingerprint density at radius 3 is 2.42 bits per heavy atom. The lowest BCUT2D eigenvalue weighted by Gasteiger charge is -2.36. The van der Waals surface area contributed by atoms with Crippen molar-refractivity contribution in [2.24, 2.45) is 0 Å². The van der Waals surface area contributed by atoms with Gasteiger partial charge in [0.2, 0.25) is 10.0 Å². The van der Waals surface area contributed by atoms with Gasteiger partial charge >= 0.3 is 0 Å². The third-order valence-corrected chi connectivity index (χ3v) is 7.38. The van der Waals surface area contributed by atoms with Crippen LogP contribution >= 0.6 is 11.3 Å². The molecule has 1 aromatic carbocycles. The van der Waals surface area contributed by atoms with Crippen LogP contribution in [0.1, 0.15) is 48.1 Å². The van der Waals surface area contributed by atoms with Crippen molar-refractivity contribution < 1.29 is 8.42 Å². The van der Waals surface area contributed by atoms with E-state index in [0.717, 1.165) is 24.0 Å². The minimum Gasteiger partial charge on any atom is -0.214 e. The molecule has 1 N–H and O–H groups in total. The standard InChI is InChI=1S/C19H25NO2S2/c1-16-7-9-17(10-8-16)14-24(21,22)20-15-19(11-3-2-4-12-19)18-6-5-13-23-18/h5-10,13,20H,2-4,11-12,14-15H2,1H3. The maximum absolute atomic E-state index is 12.5. The third-order valence-electron chi connectivity index (χ3n) is 4.96. The zero-order valence-corrected chi connectivity index (χ0v) is 15.8. The largest absolute Gasteiger partial charge is 0.215 e. The zero-order valence-electron chi connectivity index (χ0n) is 14.1. The molecule has 0 aliphatic heterocycles. The first kappa shape index (κ1) is 17.6. The SMILES string of the molecule is Cc1ccc(CS(=O)(=O)NCC2(c3cccs3)CCCCC2)cc1. The average molecular weight is 364 g/mol. The van der Waals surface area contributed by atoms with Crippen LogP contribution in [-0.4, -0.2) is 15.0 Å². The van der Waals surface area contributed by atoms with Gasteiger partial charge in [-0.2, -0.15) is 0 Å². The Labute approximate surface area is 149 Å². The van der Waals surface area contributed by atoms with Gasteiger partial charge in [0.15, 0.2) is 0 Å². The molecule has 1 saturated carbocycles. The first-order valence-corrected chi connectivity index (χ1v) is 11.1. The summed E-state index contributed by atoms with van der Waals surface area (Å²) in [6.07, 6.45) is 5.75. The van der Waals surface area contributed by atoms with E-state index in [-0.39, 0.29) is 11.2 Å². The van der Waals surface area contributed by atoms with E-state index in [1.807, 2.05) is 31.2 Å². The summed E-state index contributed by atoms with van der Waals surface area (Å²) < 4.78 is 28.0. The highest BCUT2D eigenvalue weighted by Crippen LogP contribution is 2.41. The predicted molar refractivity (Wildman–Crippen MR) is 101 cm³/mol. The Hall–Kier alpha value is -1.17. The van der Waals surface area contributed by atoms with Gasteiger partial charge in [-0.25, -0.2) is 13.1 Å². The quantitative estimate of drug-likeness (QED) is 0.828. The molecule has 3 nitrogen and oxygen atoms in total. The molecule has 3 rings (SSSR count). The maximum Gasteiger partial charge on any atom is 0.215 e. The van der Waals surface area contributed by atoms with Crippen molar-refractivity contribution in [3.63, 3.8) is 0 Å². The van der Waals surface area contributed by atoms with Crippen molar-refractivity contribution in [2.75, 3.05) is 6.54 Å². The fraction of sp³-hybridized carbons (Fsp3) is 0.474. The number of sulfonamides is 1. The molecule has 0 bridgehead atoms. The fourth-order valence-corrected chi connectivity index (χ4v) is 5.74. The Balaban J connectivity index is 1.70. The normalized spacial score (nSPS) is 17.7. The van der Waals surface area contributed by atoms with Crippen molar-refractivity contribution >= 4 is 21.4 Å². The molecular weight excluding hydrogens is 338 g/mol. The van der Waals surface area contributed by atoms with Gasteiger partial charge in [-0.1, -0.05) is 55.2 Å². The van der Waals surface area contributed by atoms with Gasteiger partial charge in [-0.3, -0.25) is 0 Å². The molecule has 1 heterocycles. The summed E-state index contributed by atoms with van der Waals surface area (Å²) >= 11 is 1.75. The van der Waals surface area contributed by atoms with Crippen LogP contribution in [0.5, 0.6) is 0 Å². The van der Waals surface area contributed by atoms with E-state index in [1.165, 1.54) is 24.1 Å². The van der Waals surface area contributed by atoms with Gasteiger partial charge < -0.3 is 0 Å². The molecule has 5 heteroatoms. The Morgan fingerprint density at radius 1 is 1.08 bits per heavy atom.